The van der Waals surface area contributed by atoms with Crippen molar-refractivity contribution >= 4 is 27.7 Å². The summed E-state index contributed by atoms with van der Waals surface area (Å²) in [6.07, 6.45) is -4.53. The van der Waals surface area contributed by atoms with Crippen molar-refractivity contribution in [3.63, 3.8) is 0 Å². The molecule has 2 aromatic rings. The summed E-state index contributed by atoms with van der Waals surface area (Å²) in [6, 6.07) is 9.87. The van der Waals surface area contributed by atoms with Crippen LogP contribution in [0.25, 0.3) is 0 Å². The van der Waals surface area contributed by atoms with Crippen LogP contribution in [0, 0.1) is 0 Å². The number of piperazine rings is 1. The van der Waals surface area contributed by atoms with E-state index in [0.717, 1.165) is 12.1 Å². The molecule has 35 heavy (non-hydrogen) atoms. The average molecular weight is 531 g/mol. The highest BCUT2D eigenvalue weighted by atomic mass is 35.5. The normalized spacial score (nSPS) is 21.2. The Balaban J connectivity index is 1.68. The number of nitrogens with zero attached hydrogens (tertiary/aromatic N) is 3. The zero-order chi connectivity index (χ0) is 25.4. The van der Waals surface area contributed by atoms with Crippen LogP contribution in [-0.2, 0) is 16.2 Å². The number of sulfonamides is 1. The Morgan fingerprint density at radius 2 is 1.74 bits per heavy atom. The molecule has 7 nitrogen and oxygen atoms in total. The van der Waals surface area contributed by atoms with Gasteiger partial charge in [0.25, 0.3) is 0 Å². The Labute approximate surface area is 207 Å². The molecule has 2 aliphatic heterocycles. The number of halogens is 4. The first-order valence-electron chi connectivity index (χ1n) is 11.1. The number of carbonyl (C=O) groups is 1. The van der Waals surface area contributed by atoms with Crippen LogP contribution in [0.5, 0.6) is 0 Å². The lowest BCUT2D eigenvalue weighted by Crippen LogP contribution is -2.49. The number of nitrogens with one attached hydrogen (secondary N) is 1. The third-order valence-corrected chi connectivity index (χ3v) is 8.95. The lowest BCUT2D eigenvalue weighted by molar-refractivity contribution is -0.137. The molecule has 2 aromatic carbocycles. The maximum atomic E-state index is 13.8. The second kappa shape index (κ2) is 9.96. The summed E-state index contributed by atoms with van der Waals surface area (Å²) in [5.74, 6) is 0. The van der Waals surface area contributed by atoms with Crippen LogP contribution in [0.3, 0.4) is 0 Å². The van der Waals surface area contributed by atoms with Gasteiger partial charge in [-0.05, 0) is 42.4 Å². The fourth-order valence-corrected chi connectivity index (χ4v) is 6.43. The standard InChI is InChI=1S/C23H26ClF3N4O3S/c1-29-9-11-30(12-10-29)35(33,34)21(16-5-7-19(24)8-6-16)15-31-20(14-28-22(31)32)17-3-2-4-18(13-17)23(25,26)27/h2-8,13,20-21H,9-12,14-15H2,1H3,(H,28,32)/t20-,21?/m1/s1. The average Bonchev–Trinajstić information content (AvgIpc) is 3.18. The van der Waals surface area contributed by atoms with E-state index >= 15 is 0 Å². The molecule has 0 radical (unpaired) electrons. The van der Waals surface area contributed by atoms with Gasteiger partial charge in [0.05, 0.1) is 11.6 Å². The first-order chi connectivity index (χ1) is 16.5. The summed E-state index contributed by atoms with van der Waals surface area (Å²) in [5, 5.41) is 1.97. The second-order valence-electron chi connectivity index (χ2n) is 8.76. The van der Waals surface area contributed by atoms with Gasteiger partial charge in [0, 0.05) is 44.3 Å². The molecule has 1 N–H and O–H groups in total. The molecule has 12 heteroatoms. The van der Waals surface area contributed by atoms with E-state index in [0.29, 0.717) is 36.8 Å². The van der Waals surface area contributed by atoms with E-state index in [4.69, 9.17) is 11.6 Å². The van der Waals surface area contributed by atoms with E-state index in [2.05, 4.69) is 5.32 Å². The van der Waals surface area contributed by atoms with Gasteiger partial charge in [0.15, 0.2) is 0 Å². The van der Waals surface area contributed by atoms with E-state index in [1.54, 1.807) is 24.3 Å². The molecule has 2 heterocycles. The molecule has 2 amide bonds. The minimum Gasteiger partial charge on any atom is -0.336 e. The number of carbonyl (C=O) groups excluding carboxylic acids is 1. The molecule has 0 saturated carbocycles. The number of alkyl halides is 3. The third-order valence-electron chi connectivity index (χ3n) is 6.47. The molecule has 2 saturated heterocycles. The first-order valence-corrected chi connectivity index (χ1v) is 13.0. The summed E-state index contributed by atoms with van der Waals surface area (Å²) in [6.45, 7) is 1.62. The largest absolute Gasteiger partial charge is 0.416 e. The monoisotopic (exact) mass is 530 g/mol. The van der Waals surface area contributed by atoms with E-state index < -0.39 is 39.1 Å². The van der Waals surface area contributed by atoms with Crippen molar-refractivity contribution in [2.75, 3.05) is 46.3 Å². The number of rotatable bonds is 6. The first kappa shape index (κ1) is 25.7. The molecule has 2 atom stereocenters. The molecular formula is C23H26ClF3N4O3S. The zero-order valence-corrected chi connectivity index (χ0v) is 20.6. The predicted molar refractivity (Wildman–Crippen MR) is 126 cm³/mol. The molecule has 0 spiro atoms. The van der Waals surface area contributed by atoms with E-state index in [9.17, 15) is 26.4 Å². The Bertz CT molecular complexity index is 1170. The minimum atomic E-state index is -4.53. The van der Waals surface area contributed by atoms with Gasteiger partial charge in [0.1, 0.15) is 5.25 Å². The predicted octanol–water partition coefficient (Wildman–Crippen LogP) is 3.74. The van der Waals surface area contributed by atoms with Crippen molar-refractivity contribution in [2.45, 2.75) is 17.5 Å². The number of amides is 2. The van der Waals surface area contributed by atoms with Gasteiger partial charge < -0.3 is 15.1 Å². The molecule has 190 valence electrons. The summed E-state index contributed by atoms with van der Waals surface area (Å²) >= 11 is 6.01. The maximum Gasteiger partial charge on any atom is 0.416 e. The van der Waals surface area contributed by atoms with E-state index in [1.807, 2.05) is 11.9 Å². The van der Waals surface area contributed by atoms with Crippen molar-refractivity contribution < 1.29 is 26.4 Å². The lowest BCUT2D eigenvalue weighted by Gasteiger charge is -2.36. The van der Waals surface area contributed by atoms with E-state index in [-0.39, 0.29) is 18.7 Å². The van der Waals surface area contributed by atoms with Crippen LogP contribution in [0.15, 0.2) is 48.5 Å². The molecule has 2 aliphatic rings. The van der Waals surface area contributed by atoms with Crippen LogP contribution in [-0.4, -0.2) is 74.9 Å². The Morgan fingerprint density at radius 1 is 1.09 bits per heavy atom. The fraction of sp³-hybridized carbons (Fsp3) is 0.435. The summed E-state index contributed by atoms with van der Waals surface area (Å²) in [5.41, 5.74) is -0.0885. The number of hydrogen-bond acceptors (Lipinski definition) is 4. The highest BCUT2D eigenvalue weighted by molar-refractivity contribution is 7.89. The highest BCUT2D eigenvalue weighted by Crippen LogP contribution is 2.36. The number of likely N-dealkylation sites (N-methyl/N-ethyl adjacent to an activating group) is 1. The van der Waals surface area contributed by atoms with Gasteiger partial charge in [0.2, 0.25) is 10.0 Å². The van der Waals surface area contributed by atoms with Gasteiger partial charge in [-0.3, -0.25) is 0 Å². The molecule has 0 aliphatic carbocycles. The Morgan fingerprint density at radius 3 is 2.37 bits per heavy atom. The van der Waals surface area contributed by atoms with Crippen molar-refractivity contribution in [2.24, 2.45) is 0 Å². The van der Waals surface area contributed by atoms with Gasteiger partial charge in [-0.1, -0.05) is 35.9 Å². The molecule has 1 unspecified atom stereocenters. The lowest BCUT2D eigenvalue weighted by atomic mass is 10.0. The van der Waals surface area contributed by atoms with Gasteiger partial charge in [-0.15, -0.1) is 0 Å². The van der Waals surface area contributed by atoms with Crippen LogP contribution in [0.4, 0.5) is 18.0 Å². The fourth-order valence-electron chi connectivity index (χ4n) is 4.42. The van der Waals surface area contributed by atoms with Gasteiger partial charge in [-0.2, -0.15) is 17.5 Å². The van der Waals surface area contributed by atoms with Crippen molar-refractivity contribution in [3.05, 3.63) is 70.2 Å². The number of hydrogen-bond donors (Lipinski definition) is 1. The highest BCUT2D eigenvalue weighted by Gasteiger charge is 2.41. The maximum absolute atomic E-state index is 13.8. The quantitative estimate of drug-likeness (QED) is 0.617. The number of urea groups is 1. The topological polar surface area (TPSA) is 73.0 Å². The van der Waals surface area contributed by atoms with Crippen LogP contribution in [0.1, 0.15) is 28.0 Å². The van der Waals surface area contributed by atoms with Crippen molar-refractivity contribution in [3.8, 4) is 0 Å². The van der Waals surface area contributed by atoms with Crippen LogP contribution < -0.4 is 5.32 Å². The van der Waals surface area contributed by atoms with Crippen molar-refractivity contribution in [1.29, 1.82) is 0 Å². The molecule has 0 aromatic heterocycles. The molecular weight excluding hydrogens is 505 g/mol. The van der Waals surface area contributed by atoms with Crippen LogP contribution in [0.2, 0.25) is 5.02 Å². The Kier molecular flexibility index (Phi) is 7.33. The SMILES string of the molecule is CN1CCN(S(=O)(=O)C(CN2C(=O)NC[C@@H]2c2cccc(C(F)(F)F)c2)c2ccc(Cl)cc2)CC1. The molecule has 0 bridgehead atoms. The minimum absolute atomic E-state index is 0.0715. The summed E-state index contributed by atoms with van der Waals surface area (Å²) in [4.78, 5) is 16.1. The summed E-state index contributed by atoms with van der Waals surface area (Å²) in [7, 11) is -1.99. The van der Waals surface area contributed by atoms with E-state index in [1.165, 1.54) is 21.3 Å². The van der Waals surface area contributed by atoms with Crippen molar-refractivity contribution in [1.82, 2.24) is 19.4 Å². The second-order valence-corrected chi connectivity index (χ2v) is 11.3. The Hall–Kier alpha value is -2.34. The zero-order valence-electron chi connectivity index (χ0n) is 19.0. The summed E-state index contributed by atoms with van der Waals surface area (Å²) < 4.78 is 68.8. The van der Waals surface area contributed by atoms with Gasteiger partial charge >= 0.3 is 12.2 Å². The smallest absolute Gasteiger partial charge is 0.336 e. The van der Waals surface area contributed by atoms with Crippen LogP contribution >= 0.6 is 11.6 Å². The third kappa shape index (κ3) is 5.58. The number of benzene rings is 2. The van der Waals surface area contributed by atoms with Gasteiger partial charge in [-0.25, -0.2) is 13.2 Å². The molecule has 4 rings (SSSR count). The molecule has 2 fully saturated rings.